The van der Waals surface area contributed by atoms with Crippen molar-refractivity contribution in [1.82, 2.24) is 9.97 Å². The van der Waals surface area contributed by atoms with Gasteiger partial charge in [0, 0.05) is 18.5 Å². The highest BCUT2D eigenvalue weighted by Gasteiger charge is 2.18. The minimum absolute atomic E-state index is 0.309. The molecule has 0 aromatic carbocycles. The van der Waals surface area contributed by atoms with E-state index in [4.69, 9.17) is 4.74 Å². The van der Waals surface area contributed by atoms with Gasteiger partial charge in [0.1, 0.15) is 16.8 Å². The van der Waals surface area contributed by atoms with E-state index in [9.17, 15) is 4.79 Å². The van der Waals surface area contributed by atoms with Crippen molar-refractivity contribution in [2.45, 2.75) is 31.8 Å². The molecule has 0 saturated heterocycles. The molecule has 3 rings (SSSR count). The maximum atomic E-state index is 10.8. The highest BCUT2D eigenvalue weighted by molar-refractivity contribution is 5.96. The van der Waals surface area contributed by atoms with Crippen LogP contribution in [0.5, 0.6) is 5.75 Å². The van der Waals surface area contributed by atoms with Crippen molar-refractivity contribution >= 4 is 17.3 Å². The van der Waals surface area contributed by atoms with Gasteiger partial charge in [-0.25, -0.2) is 0 Å². The van der Waals surface area contributed by atoms with Crippen LogP contribution in [0, 0.1) is 0 Å². The summed E-state index contributed by atoms with van der Waals surface area (Å²) in [4.78, 5) is 18.1. The minimum atomic E-state index is 0.309. The van der Waals surface area contributed by atoms with Gasteiger partial charge in [0.05, 0.1) is 11.7 Å². The van der Waals surface area contributed by atoms with E-state index < -0.39 is 0 Å². The van der Waals surface area contributed by atoms with Crippen molar-refractivity contribution in [2.24, 2.45) is 0 Å². The fourth-order valence-corrected chi connectivity index (χ4v) is 2.39. The standard InChI is InChI=1S/C13H14N2O2/c16-8-9-7-15-13-11(5-6-14-12(9)13)17-10-3-1-2-4-10/h5-8,10,15H,1-4H2. The molecule has 4 nitrogen and oxygen atoms in total. The zero-order valence-electron chi connectivity index (χ0n) is 9.48. The van der Waals surface area contributed by atoms with Gasteiger partial charge >= 0.3 is 0 Å². The Morgan fingerprint density at radius 2 is 2.24 bits per heavy atom. The van der Waals surface area contributed by atoms with Gasteiger partial charge in [-0.3, -0.25) is 9.78 Å². The van der Waals surface area contributed by atoms with E-state index in [1.807, 2.05) is 6.07 Å². The molecule has 0 aliphatic heterocycles. The lowest BCUT2D eigenvalue weighted by Crippen LogP contribution is -2.11. The van der Waals surface area contributed by atoms with Gasteiger partial charge in [0.15, 0.2) is 6.29 Å². The van der Waals surface area contributed by atoms with Gasteiger partial charge in [-0.05, 0) is 25.7 Å². The molecular formula is C13H14N2O2. The first kappa shape index (κ1) is 10.3. The summed E-state index contributed by atoms with van der Waals surface area (Å²) >= 11 is 0. The van der Waals surface area contributed by atoms with Crippen LogP contribution in [0.4, 0.5) is 0 Å². The number of aldehydes is 1. The van der Waals surface area contributed by atoms with Crippen molar-refractivity contribution in [2.75, 3.05) is 0 Å². The molecule has 88 valence electrons. The van der Waals surface area contributed by atoms with Crippen molar-refractivity contribution in [3.05, 3.63) is 24.0 Å². The predicted octanol–water partition coefficient (Wildman–Crippen LogP) is 2.70. The number of nitrogens with zero attached hydrogens (tertiary/aromatic N) is 1. The van der Waals surface area contributed by atoms with E-state index in [-0.39, 0.29) is 0 Å². The second-order valence-electron chi connectivity index (χ2n) is 4.42. The number of carbonyl (C=O) groups excluding carboxylic acids is 1. The molecule has 0 unspecified atom stereocenters. The molecule has 4 heteroatoms. The van der Waals surface area contributed by atoms with Crippen molar-refractivity contribution < 1.29 is 9.53 Å². The first-order valence-electron chi connectivity index (χ1n) is 5.96. The second kappa shape index (κ2) is 4.20. The molecule has 2 aromatic heterocycles. The van der Waals surface area contributed by atoms with E-state index in [1.165, 1.54) is 12.8 Å². The Hall–Kier alpha value is -1.84. The van der Waals surface area contributed by atoms with Crippen LogP contribution in [-0.2, 0) is 0 Å². The van der Waals surface area contributed by atoms with E-state index in [1.54, 1.807) is 12.4 Å². The van der Waals surface area contributed by atoms with Crippen LogP contribution in [0.15, 0.2) is 18.5 Å². The third-order valence-electron chi connectivity index (χ3n) is 3.28. The summed E-state index contributed by atoms with van der Waals surface area (Å²) < 4.78 is 5.96. The summed E-state index contributed by atoms with van der Waals surface area (Å²) in [6.07, 6.45) is 9.19. The zero-order chi connectivity index (χ0) is 11.7. The first-order chi connectivity index (χ1) is 8.38. The average molecular weight is 230 g/mol. The molecule has 0 bridgehead atoms. The number of pyridine rings is 1. The van der Waals surface area contributed by atoms with Crippen molar-refractivity contribution in [3.63, 3.8) is 0 Å². The number of rotatable bonds is 3. The van der Waals surface area contributed by atoms with Crippen molar-refractivity contribution in [1.29, 1.82) is 0 Å². The summed E-state index contributed by atoms with van der Waals surface area (Å²) in [6.45, 7) is 0. The number of hydrogen-bond acceptors (Lipinski definition) is 3. The molecule has 0 radical (unpaired) electrons. The van der Waals surface area contributed by atoms with Gasteiger partial charge in [-0.15, -0.1) is 0 Å². The fraction of sp³-hybridized carbons (Fsp3) is 0.385. The summed E-state index contributed by atoms with van der Waals surface area (Å²) in [5.41, 5.74) is 2.09. The Bertz CT molecular complexity index is 541. The highest BCUT2D eigenvalue weighted by Crippen LogP contribution is 2.29. The maximum absolute atomic E-state index is 10.8. The van der Waals surface area contributed by atoms with Gasteiger partial charge in [0.25, 0.3) is 0 Å². The normalized spacial score (nSPS) is 16.5. The maximum Gasteiger partial charge on any atom is 0.153 e. The topological polar surface area (TPSA) is 55.0 Å². The second-order valence-corrected chi connectivity index (χ2v) is 4.42. The SMILES string of the molecule is O=Cc1c[nH]c2c(OC3CCCC3)ccnc12. The molecule has 0 amide bonds. The number of nitrogens with one attached hydrogen (secondary N) is 1. The average Bonchev–Trinajstić information content (AvgIpc) is 2.97. The molecule has 2 aromatic rings. The molecule has 1 aliphatic carbocycles. The van der Waals surface area contributed by atoms with E-state index in [2.05, 4.69) is 9.97 Å². The van der Waals surface area contributed by atoms with Crippen LogP contribution >= 0.6 is 0 Å². The minimum Gasteiger partial charge on any atom is -0.488 e. The van der Waals surface area contributed by atoms with Gasteiger partial charge in [-0.1, -0.05) is 0 Å². The fourth-order valence-electron chi connectivity index (χ4n) is 2.39. The Balaban J connectivity index is 1.98. The third-order valence-corrected chi connectivity index (χ3v) is 3.28. The van der Waals surface area contributed by atoms with Crippen LogP contribution in [0.25, 0.3) is 11.0 Å². The van der Waals surface area contributed by atoms with E-state index in [0.717, 1.165) is 30.4 Å². The van der Waals surface area contributed by atoms with Crippen LogP contribution in [-0.4, -0.2) is 22.4 Å². The Morgan fingerprint density at radius 3 is 3.00 bits per heavy atom. The quantitative estimate of drug-likeness (QED) is 0.825. The van der Waals surface area contributed by atoms with Crippen LogP contribution < -0.4 is 4.74 Å². The van der Waals surface area contributed by atoms with Crippen LogP contribution in [0.1, 0.15) is 36.0 Å². The Labute approximate surface area is 99.0 Å². The largest absolute Gasteiger partial charge is 0.488 e. The molecule has 0 spiro atoms. The molecule has 1 saturated carbocycles. The molecule has 1 aliphatic rings. The number of carbonyl (C=O) groups is 1. The molecule has 2 heterocycles. The summed E-state index contributed by atoms with van der Waals surface area (Å²) in [6, 6.07) is 1.85. The van der Waals surface area contributed by atoms with E-state index in [0.29, 0.717) is 17.2 Å². The van der Waals surface area contributed by atoms with E-state index >= 15 is 0 Å². The Morgan fingerprint density at radius 1 is 1.41 bits per heavy atom. The van der Waals surface area contributed by atoms with Crippen LogP contribution in [0.3, 0.4) is 0 Å². The summed E-state index contributed by atoms with van der Waals surface area (Å²) in [7, 11) is 0. The highest BCUT2D eigenvalue weighted by atomic mass is 16.5. The van der Waals surface area contributed by atoms with Crippen LogP contribution in [0.2, 0.25) is 0 Å². The van der Waals surface area contributed by atoms with Gasteiger partial charge in [-0.2, -0.15) is 0 Å². The lowest BCUT2D eigenvalue weighted by atomic mass is 10.2. The third kappa shape index (κ3) is 1.79. The molecule has 17 heavy (non-hydrogen) atoms. The number of ether oxygens (including phenoxy) is 1. The summed E-state index contributed by atoms with van der Waals surface area (Å²) in [5.74, 6) is 0.801. The summed E-state index contributed by atoms with van der Waals surface area (Å²) in [5, 5.41) is 0. The lowest BCUT2D eigenvalue weighted by molar-refractivity contribution is 0.112. The van der Waals surface area contributed by atoms with Crippen molar-refractivity contribution in [3.8, 4) is 5.75 Å². The molecule has 1 fully saturated rings. The predicted molar refractivity (Wildman–Crippen MR) is 64.4 cm³/mol. The van der Waals surface area contributed by atoms with Gasteiger partial charge in [0.2, 0.25) is 0 Å². The number of hydrogen-bond donors (Lipinski definition) is 1. The monoisotopic (exact) mass is 230 g/mol. The van der Waals surface area contributed by atoms with Gasteiger partial charge < -0.3 is 9.72 Å². The number of fused-ring (bicyclic) bond motifs is 1. The molecule has 0 atom stereocenters. The smallest absolute Gasteiger partial charge is 0.153 e. The molecule has 1 N–H and O–H groups in total. The number of H-pyrrole nitrogens is 1. The molecular weight excluding hydrogens is 216 g/mol. The Kier molecular flexibility index (Phi) is 2.55. The number of aromatic amines is 1. The number of aromatic nitrogens is 2. The zero-order valence-corrected chi connectivity index (χ0v) is 9.48. The lowest BCUT2D eigenvalue weighted by Gasteiger charge is -2.13. The first-order valence-corrected chi connectivity index (χ1v) is 5.96.